The van der Waals surface area contributed by atoms with Crippen LogP contribution >= 0.6 is 0 Å². The van der Waals surface area contributed by atoms with Crippen molar-refractivity contribution < 1.29 is 4.52 Å². The van der Waals surface area contributed by atoms with Crippen molar-refractivity contribution >= 4 is 0 Å². The standard InChI is InChI=1S/C15H19N3O/c1-3-12-4-6-13(7-5-12)8-18-9-14(10-18)15-16-11(2)17-19-15/h4-7,14H,3,8-10H2,1-2H3. The third-order valence-electron chi connectivity index (χ3n) is 3.69. The van der Waals surface area contributed by atoms with Gasteiger partial charge in [0, 0.05) is 19.6 Å². The molecule has 0 atom stereocenters. The zero-order valence-electron chi connectivity index (χ0n) is 11.5. The minimum atomic E-state index is 0.413. The van der Waals surface area contributed by atoms with E-state index in [2.05, 4.69) is 46.2 Å². The van der Waals surface area contributed by atoms with Gasteiger partial charge in [-0.2, -0.15) is 4.98 Å². The summed E-state index contributed by atoms with van der Waals surface area (Å²) in [6.07, 6.45) is 1.10. The maximum absolute atomic E-state index is 5.21. The molecule has 4 heteroatoms. The van der Waals surface area contributed by atoms with Crippen LogP contribution in [0.5, 0.6) is 0 Å². The average molecular weight is 257 g/mol. The lowest BCUT2D eigenvalue weighted by Crippen LogP contribution is -2.44. The molecule has 0 aliphatic carbocycles. The van der Waals surface area contributed by atoms with E-state index in [1.165, 1.54) is 11.1 Å². The van der Waals surface area contributed by atoms with Crippen LogP contribution in [0.1, 0.15) is 35.7 Å². The third-order valence-corrected chi connectivity index (χ3v) is 3.69. The van der Waals surface area contributed by atoms with Crippen LogP contribution in [0.25, 0.3) is 0 Å². The quantitative estimate of drug-likeness (QED) is 0.844. The van der Waals surface area contributed by atoms with E-state index in [0.717, 1.165) is 37.8 Å². The Hall–Kier alpha value is -1.68. The van der Waals surface area contributed by atoms with E-state index in [1.807, 2.05) is 6.92 Å². The Labute approximate surface area is 113 Å². The van der Waals surface area contributed by atoms with E-state index in [4.69, 9.17) is 4.52 Å². The summed E-state index contributed by atoms with van der Waals surface area (Å²) < 4.78 is 5.21. The molecule has 0 saturated carbocycles. The van der Waals surface area contributed by atoms with Crippen LogP contribution in [0.3, 0.4) is 0 Å². The molecule has 3 rings (SSSR count). The maximum atomic E-state index is 5.21. The first kappa shape index (κ1) is 12.4. The van der Waals surface area contributed by atoms with Crippen molar-refractivity contribution in [1.29, 1.82) is 0 Å². The first-order valence-corrected chi connectivity index (χ1v) is 6.85. The molecule has 2 heterocycles. The van der Waals surface area contributed by atoms with Gasteiger partial charge in [0.15, 0.2) is 5.82 Å². The summed E-state index contributed by atoms with van der Waals surface area (Å²) in [4.78, 5) is 6.70. The Bertz CT molecular complexity index is 541. The number of benzene rings is 1. The SMILES string of the molecule is CCc1ccc(CN2CC(c3nc(C)no3)C2)cc1. The zero-order chi connectivity index (χ0) is 13.2. The highest BCUT2D eigenvalue weighted by Gasteiger charge is 2.32. The second-order valence-corrected chi connectivity index (χ2v) is 5.24. The minimum Gasteiger partial charge on any atom is -0.339 e. The molecule has 0 amide bonds. The molecule has 19 heavy (non-hydrogen) atoms. The van der Waals surface area contributed by atoms with Gasteiger partial charge in [-0.25, -0.2) is 0 Å². The van der Waals surface area contributed by atoms with E-state index in [9.17, 15) is 0 Å². The molecule has 1 aromatic carbocycles. The fourth-order valence-corrected chi connectivity index (χ4v) is 2.47. The fraction of sp³-hybridized carbons (Fsp3) is 0.467. The van der Waals surface area contributed by atoms with Crippen LogP contribution < -0.4 is 0 Å². The molecule has 1 aromatic heterocycles. The van der Waals surface area contributed by atoms with Crippen LogP contribution in [0, 0.1) is 6.92 Å². The third kappa shape index (κ3) is 2.68. The van der Waals surface area contributed by atoms with Crippen molar-refractivity contribution in [1.82, 2.24) is 15.0 Å². The molecule has 0 spiro atoms. The van der Waals surface area contributed by atoms with Gasteiger partial charge in [0.1, 0.15) is 0 Å². The molecule has 4 nitrogen and oxygen atoms in total. The largest absolute Gasteiger partial charge is 0.339 e. The zero-order valence-corrected chi connectivity index (χ0v) is 11.5. The molecular formula is C15H19N3O. The topological polar surface area (TPSA) is 42.2 Å². The molecule has 2 aromatic rings. The number of aryl methyl sites for hydroxylation is 2. The summed E-state index contributed by atoms with van der Waals surface area (Å²) >= 11 is 0. The minimum absolute atomic E-state index is 0.413. The summed E-state index contributed by atoms with van der Waals surface area (Å²) in [5.41, 5.74) is 2.77. The monoisotopic (exact) mass is 257 g/mol. The fourth-order valence-electron chi connectivity index (χ4n) is 2.47. The smallest absolute Gasteiger partial charge is 0.232 e. The van der Waals surface area contributed by atoms with Crippen LogP contribution in [0.15, 0.2) is 28.8 Å². The molecule has 1 aliphatic rings. The van der Waals surface area contributed by atoms with Gasteiger partial charge >= 0.3 is 0 Å². The van der Waals surface area contributed by atoms with Crippen LogP contribution in [-0.4, -0.2) is 28.1 Å². The van der Waals surface area contributed by atoms with Gasteiger partial charge < -0.3 is 4.52 Å². The first-order valence-electron chi connectivity index (χ1n) is 6.85. The van der Waals surface area contributed by atoms with Gasteiger partial charge in [0.25, 0.3) is 0 Å². The summed E-state index contributed by atoms with van der Waals surface area (Å²) in [6, 6.07) is 8.88. The second-order valence-electron chi connectivity index (χ2n) is 5.24. The number of hydrogen-bond donors (Lipinski definition) is 0. The average Bonchev–Trinajstić information content (AvgIpc) is 2.80. The Kier molecular flexibility index (Phi) is 3.34. The van der Waals surface area contributed by atoms with Crippen molar-refractivity contribution in [3.05, 3.63) is 47.1 Å². The molecule has 0 radical (unpaired) electrons. The highest BCUT2D eigenvalue weighted by atomic mass is 16.5. The van der Waals surface area contributed by atoms with Gasteiger partial charge in [0.05, 0.1) is 5.92 Å². The lowest BCUT2D eigenvalue weighted by atomic mass is 9.99. The Morgan fingerprint density at radius 3 is 2.47 bits per heavy atom. The summed E-state index contributed by atoms with van der Waals surface area (Å²) in [7, 11) is 0. The number of rotatable bonds is 4. The van der Waals surface area contributed by atoms with Crippen LogP contribution in [-0.2, 0) is 13.0 Å². The number of hydrogen-bond acceptors (Lipinski definition) is 4. The van der Waals surface area contributed by atoms with Gasteiger partial charge in [-0.3, -0.25) is 4.90 Å². The number of nitrogens with zero attached hydrogens (tertiary/aromatic N) is 3. The molecule has 1 fully saturated rings. The van der Waals surface area contributed by atoms with Crippen molar-refractivity contribution in [3.8, 4) is 0 Å². The molecular weight excluding hydrogens is 238 g/mol. The van der Waals surface area contributed by atoms with E-state index in [0.29, 0.717) is 5.92 Å². The summed E-state index contributed by atoms with van der Waals surface area (Å²) in [5, 5.41) is 3.84. The highest BCUT2D eigenvalue weighted by Crippen LogP contribution is 2.27. The van der Waals surface area contributed by atoms with Gasteiger partial charge in [0.2, 0.25) is 5.89 Å². The normalized spacial score (nSPS) is 16.5. The Morgan fingerprint density at radius 2 is 1.89 bits per heavy atom. The van der Waals surface area contributed by atoms with Crippen LogP contribution in [0.2, 0.25) is 0 Å². The van der Waals surface area contributed by atoms with E-state index >= 15 is 0 Å². The highest BCUT2D eigenvalue weighted by molar-refractivity contribution is 5.22. The summed E-state index contributed by atoms with van der Waals surface area (Å²) in [5.74, 6) is 1.93. The Balaban J connectivity index is 1.53. The summed E-state index contributed by atoms with van der Waals surface area (Å²) in [6.45, 7) is 7.07. The Morgan fingerprint density at radius 1 is 1.21 bits per heavy atom. The van der Waals surface area contributed by atoms with E-state index in [1.54, 1.807) is 0 Å². The molecule has 100 valence electrons. The predicted octanol–water partition coefficient (Wildman–Crippen LogP) is 2.54. The lowest BCUT2D eigenvalue weighted by Gasteiger charge is -2.37. The number of likely N-dealkylation sites (tertiary alicyclic amines) is 1. The predicted molar refractivity (Wildman–Crippen MR) is 72.9 cm³/mol. The maximum Gasteiger partial charge on any atom is 0.232 e. The van der Waals surface area contributed by atoms with E-state index < -0.39 is 0 Å². The van der Waals surface area contributed by atoms with Crippen molar-refractivity contribution in [2.75, 3.05) is 13.1 Å². The molecule has 1 saturated heterocycles. The van der Waals surface area contributed by atoms with Crippen molar-refractivity contribution in [3.63, 3.8) is 0 Å². The molecule has 0 N–H and O–H groups in total. The molecule has 0 bridgehead atoms. The lowest BCUT2D eigenvalue weighted by molar-refractivity contribution is 0.117. The molecule has 1 aliphatic heterocycles. The number of aromatic nitrogens is 2. The van der Waals surface area contributed by atoms with Crippen LogP contribution in [0.4, 0.5) is 0 Å². The van der Waals surface area contributed by atoms with Crippen molar-refractivity contribution in [2.45, 2.75) is 32.7 Å². The van der Waals surface area contributed by atoms with Gasteiger partial charge in [-0.1, -0.05) is 36.3 Å². The van der Waals surface area contributed by atoms with Gasteiger partial charge in [-0.05, 0) is 24.5 Å². The van der Waals surface area contributed by atoms with Gasteiger partial charge in [-0.15, -0.1) is 0 Å². The molecule has 0 unspecified atom stereocenters. The van der Waals surface area contributed by atoms with E-state index in [-0.39, 0.29) is 0 Å². The van der Waals surface area contributed by atoms with Crippen molar-refractivity contribution in [2.24, 2.45) is 0 Å². The second kappa shape index (κ2) is 5.13. The first-order chi connectivity index (χ1) is 9.24.